The maximum atomic E-state index is 12.8. The topological polar surface area (TPSA) is 80.2 Å². The number of ether oxygens (including phenoxy) is 2. The first-order valence-electron chi connectivity index (χ1n) is 10.3. The van der Waals surface area contributed by atoms with Gasteiger partial charge in [-0.25, -0.2) is 9.79 Å². The number of nitrogens with zero attached hydrogens (tertiary/aromatic N) is 2. The third-order valence-electron chi connectivity index (χ3n) is 5.00. The maximum absolute atomic E-state index is 12.8. The number of rotatable bonds is 7. The van der Waals surface area contributed by atoms with Crippen LogP contribution in [0.2, 0.25) is 5.02 Å². The number of aliphatic imine (C=N–C) groups is 1. The molecule has 0 saturated heterocycles. The van der Waals surface area contributed by atoms with Crippen LogP contribution in [0.1, 0.15) is 25.5 Å². The molecule has 0 aliphatic carbocycles. The molecule has 2 heterocycles. The highest BCUT2D eigenvalue weighted by Gasteiger charge is 2.37. The fourth-order valence-electron chi connectivity index (χ4n) is 3.56. The molecule has 0 radical (unpaired) electrons. The minimum Gasteiger partial charge on any atom is -0.482 e. The van der Waals surface area contributed by atoms with E-state index in [4.69, 9.17) is 21.1 Å². The molecule has 0 aromatic heterocycles. The van der Waals surface area contributed by atoms with Crippen LogP contribution in [0.15, 0.2) is 76.4 Å². The van der Waals surface area contributed by atoms with Gasteiger partial charge >= 0.3 is 5.97 Å². The first-order valence-corrected chi connectivity index (χ1v) is 11.6. The van der Waals surface area contributed by atoms with E-state index in [9.17, 15) is 9.59 Å². The zero-order chi connectivity index (χ0) is 23.4. The van der Waals surface area contributed by atoms with Crippen LogP contribution in [0, 0.1) is 0 Å². The molecule has 33 heavy (non-hydrogen) atoms. The molecule has 0 unspecified atom stereocenters. The lowest BCUT2D eigenvalue weighted by Gasteiger charge is -2.33. The van der Waals surface area contributed by atoms with Gasteiger partial charge in [0.15, 0.2) is 11.8 Å². The Morgan fingerprint density at radius 3 is 2.73 bits per heavy atom. The summed E-state index contributed by atoms with van der Waals surface area (Å²) >= 11 is 7.98. The van der Waals surface area contributed by atoms with Gasteiger partial charge in [-0.1, -0.05) is 47.6 Å². The highest BCUT2D eigenvalue weighted by Crippen LogP contribution is 2.42. The van der Waals surface area contributed by atoms with E-state index in [-0.39, 0.29) is 19.1 Å². The van der Waals surface area contributed by atoms with Gasteiger partial charge < -0.3 is 19.7 Å². The van der Waals surface area contributed by atoms with E-state index < -0.39 is 12.0 Å². The zero-order valence-electron chi connectivity index (χ0n) is 18.1. The number of fused-ring (bicyclic) bond motifs is 1. The number of amidine groups is 1. The van der Waals surface area contributed by atoms with Crippen molar-refractivity contribution in [3.05, 3.63) is 82.0 Å². The number of nitrogens with one attached hydrogen (secondary N) is 1. The van der Waals surface area contributed by atoms with Gasteiger partial charge in [0.1, 0.15) is 5.75 Å². The van der Waals surface area contributed by atoms with Crippen molar-refractivity contribution in [3.8, 4) is 5.75 Å². The van der Waals surface area contributed by atoms with Gasteiger partial charge in [0.25, 0.3) is 5.91 Å². The standard InChI is InChI=1S/C24H22ClN3O4S/c1-3-31-23(30)21-15(2)26-24-28(11-12-33-24)22(21)16-9-10-19(18(25)13-16)32-14-20(29)27-17-7-5-4-6-8-17/h4-13,22H,3,14H2,1-2H3,(H,27,29)/t22-/m1/s1. The van der Waals surface area contributed by atoms with Crippen LogP contribution in [-0.4, -0.2) is 35.2 Å². The molecular formula is C24H22ClN3O4S. The summed E-state index contributed by atoms with van der Waals surface area (Å²) in [5.41, 5.74) is 2.53. The largest absolute Gasteiger partial charge is 0.482 e. The molecule has 0 spiro atoms. The molecule has 1 amide bonds. The van der Waals surface area contributed by atoms with E-state index in [2.05, 4.69) is 10.3 Å². The smallest absolute Gasteiger partial charge is 0.338 e. The summed E-state index contributed by atoms with van der Waals surface area (Å²) in [6.45, 7) is 3.64. The molecule has 1 N–H and O–H groups in total. The molecule has 2 aliphatic rings. The number of para-hydroxylation sites is 1. The van der Waals surface area contributed by atoms with E-state index >= 15 is 0 Å². The third kappa shape index (κ3) is 5.07. The fraction of sp³-hybridized carbons (Fsp3) is 0.208. The van der Waals surface area contributed by atoms with E-state index in [1.807, 2.05) is 40.8 Å². The fourth-order valence-corrected chi connectivity index (χ4v) is 4.60. The van der Waals surface area contributed by atoms with E-state index in [0.717, 1.165) is 10.7 Å². The van der Waals surface area contributed by atoms with E-state index in [1.54, 1.807) is 38.1 Å². The molecule has 9 heteroatoms. The van der Waals surface area contributed by atoms with Crippen molar-refractivity contribution in [3.63, 3.8) is 0 Å². The Balaban J connectivity index is 1.53. The van der Waals surface area contributed by atoms with Gasteiger partial charge in [0, 0.05) is 11.9 Å². The number of anilines is 1. The minimum atomic E-state index is -0.435. The molecule has 2 aliphatic heterocycles. The number of carbonyl (C=O) groups excluding carboxylic acids is 2. The minimum absolute atomic E-state index is 0.188. The molecule has 2 aromatic rings. The number of hydrogen-bond donors (Lipinski definition) is 1. The van der Waals surface area contributed by atoms with Crippen molar-refractivity contribution in [1.29, 1.82) is 0 Å². The Labute approximate surface area is 201 Å². The summed E-state index contributed by atoms with van der Waals surface area (Å²) < 4.78 is 10.9. The maximum Gasteiger partial charge on any atom is 0.338 e. The average Bonchev–Trinajstić information content (AvgIpc) is 3.26. The predicted molar refractivity (Wildman–Crippen MR) is 130 cm³/mol. The van der Waals surface area contributed by atoms with Crippen molar-refractivity contribution in [1.82, 2.24) is 4.90 Å². The summed E-state index contributed by atoms with van der Waals surface area (Å²) in [5, 5.41) is 5.79. The number of allylic oxidation sites excluding steroid dienone is 1. The quantitative estimate of drug-likeness (QED) is 0.550. The number of esters is 1. The van der Waals surface area contributed by atoms with Crippen molar-refractivity contribution < 1.29 is 19.1 Å². The monoisotopic (exact) mass is 483 g/mol. The summed E-state index contributed by atoms with van der Waals surface area (Å²) in [6, 6.07) is 14.0. The Bertz CT molecular complexity index is 1160. The van der Waals surface area contributed by atoms with E-state index in [0.29, 0.717) is 27.7 Å². The summed E-state index contributed by atoms with van der Waals surface area (Å²) in [7, 11) is 0. The van der Waals surface area contributed by atoms with Crippen LogP contribution in [0.3, 0.4) is 0 Å². The van der Waals surface area contributed by atoms with Gasteiger partial charge in [0.05, 0.1) is 28.9 Å². The molecular weight excluding hydrogens is 462 g/mol. The van der Waals surface area contributed by atoms with E-state index in [1.165, 1.54) is 11.8 Å². The SMILES string of the molecule is CCOC(=O)C1=C(C)N=C2SC=CN2[C@@H]1c1ccc(OCC(=O)Nc2ccccc2)c(Cl)c1. The molecule has 7 nitrogen and oxygen atoms in total. The van der Waals surface area contributed by atoms with Crippen LogP contribution < -0.4 is 10.1 Å². The summed E-state index contributed by atoms with van der Waals surface area (Å²) in [5.74, 6) is -0.336. The van der Waals surface area contributed by atoms with Crippen LogP contribution in [0.5, 0.6) is 5.75 Å². The predicted octanol–water partition coefficient (Wildman–Crippen LogP) is 5.13. The Hall–Kier alpha value is -3.23. The average molecular weight is 484 g/mol. The van der Waals surface area contributed by atoms with Gasteiger partial charge in [-0.15, -0.1) is 0 Å². The molecule has 0 fully saturated rings. The number of amides is 1. The Kier molecular flexibility index (Phi) is 7.05. The second-order valence-corrected chi connectivity index (χ2v) is 8.50. The van der Waals surface area contributed by atoms with Crippen molar-refractivity contribution in [2.75, 3.05) is 18.5 Å². The zero-order valence-corrected chi connectivity index (χ0v) is 19.7. The Morgan fingerprint density at radius 1 is 1.21 bits per heavy atom. The number of halogens is 1. The molecule has 0 saturated carbocycles. The highest BCUT2D eigenvalue weighted by molar-refractivity contribution is 8.16. The molecule has 2 aromatic carbocycles. The third-order valence-corrected chi connectivity index (χ3v) is 6.07. The lowest BCUT2D eigenvalue weighted by atomic mass is 9.95. The first kappa shape index (κ1) is 22.9. The highest BCUT2D eigenvalue weighted by atomic mass is 35.5. The summed E-state index contributed by atoms with van der Waals surface area (Å²) in [6.07, 6.45) is 1.88. The number of carbonyl (C=O) groups is 2. The van der Waals surface area contributed by atoms with Crippen LogP contribution >= 0.6 is 23.4 Å². The lowest BCUT2D eigenvalue weighted by molar-refractivity contribution is -0.139. The number of hydrogen-bond acceptors (Lipinski definition) is 7. The van der Waals surface area contributed by atoms with Crippen molar-refractivity contribution in [2.24, 2.45) is 4.99 Å². The second-order valence-electron chi connectivity index (χ2n) is 7.22. The van der Waals surface area contributed by atoms with Gasteiger partial charge in [0.2, 0.25) is 0 Å². The van der Waals surface area contributed by atoms with Crippen molar-refractivity contribution >= 4 is 46.1 Å². The number of benzene rings is 2. The summed E-state index contributed by atoms with van der Waals surface area (Å²) in [4.78, 5) is 31.4. The first-order chi connectivity index (χ1) is 16.0. The van der Waals surface area contributed by atoms with Gasteiger partial charge in [-0.3, -0.25) is 4.79 Å². The van der Waals surface area contributed by atoms with Crippen molar-refractivity contribution in [2.45, 2.75) is 19.9 Å². The second kappa shape index (κ2) is 10.1. The number of thioether (sulfide) groups is 1. The van der Waals surface area contributed by atoms with Gasteiger partial charge in [-0.05, 0) is 49.1 Å². The molecule has 1 atom stereocenters. The molecule has 170 valence electrons. The molecule has 0 bridgehead atoms. The van der Waals surface area contributed by atoms with Crippen LogP contribution in [0.25, 0.3) is 0 Å². The molecule has 4 rings (SSSR count). The van der Waals surface area contributed by atoms with Crippen LogP contribution in [-0.2, 0) is 14.3 Å². The van der Waals surface area contributed by atoms with Crippen LogP contribution in [0.4, 0.5) is 5.69 Å². The van der Waals surface area contributed by atoms with Gasteiger partial charge in [-0.2, -0.15) is 0 Å². The Morgan fingerprint density at radius 2 is 2.00 bits per heavy atom. The lowest BCUT2D eigenvalue weighted by Crippen LogP contribution is -2.34. The normalized spacial score (nSPS) is 16.9.